The molecule has 0 saturated heterocycles. The van der Waals surface area contributed by atoms with Gasteiger partial charge in [-0.1, -0.05) is 11.6 Å². The van der Waals surface area contributed by atoms with Crippen molar-refractivity contribution in [3.8, 4) is 0 Å². The van der Waals surface area contributed by atoms with Crippen molar-refractivity contribution in [2.75, 3.05) is 20.1 Å². The molecule has 3 aromatic rings. The molecular formula is C20H20ClF3N4. The monoisotopic (exact) mass is 408 g/mol. The highest BCUT2D eigenvalue weighted by atomic mass is 35.5. The molecule has 0 N–H and O–H groups in total. The second-order valence-corrected chi connectivity index (χ2v) is 7.62. The summed E-state index contributed by atoms with van der Waals surface area (Å²) in [6.07, 6.45) is -0.0483. The number of fused-ring (bicyclic) bond motifs is 3. The molecule has 0 spiro atoms. The first kappa shape index (κ1) is 19.2. The Morgan fingerprint density at radius 2 is 1.89 bits per heavy atom. The van der Waals surface area contributed by atoms with Gasteiger partial charge in [-0.3, -0.25) is 4.98 Å². The second-order valence-electron chi connectivity index (χ2n) is 7.18. The zero-order valence-corrected chi connectivity index (χ0v) is 16.2. The Bertz CT molecular complexity index is 995. The molecule has 0 atom stereocenters. The van der Waals surface area contributed by atoms with Crippen molar-refractivity contribution in [1.29, 1.82) is 0 Å². The Kier molecular flexibility index (Phi) is 5.05. The van der Waals surface area contributed by atoms with Crippen LogP contribution >= 0.6 is 11.6 Å². The Labute approximate surface area is 166 Å². The molecule has 1 aliphatic rings. The lowest BCUT2D eigenvalue weighted by Gasteiger charge is -2.14. The molecule has 8 heteroatoms. The maximum absolute atomic E-state index is 12.7. The summed E-state index contributed by atoms with van der Waals surface area (Å²) in [6.45, 7) is 2.59. The number of aromatic nitrogens is 3. The number of hydrogen-bond acceptors (Lipinski definition) is 3. The lowest BCUT2D eigenvalue weighted by Crippen LogP contribution is -2.21. The number of hydrogen-bond donors (Lipinski definition) is 0. The summed E-state index contributed by atoms with van der Waals surface area (Å²) in [5.41, 5.74) is 3.29. The zero-order chi connectivity index (χ0) is 19.9. The van der Waals surface area contributed by atoms with E-state index in [1.165, 1.54) is 17.5 Å². The summed E-state index contributed by atoms with van der Waals surface area (Å²) in [7, 11) is 2.11. The third-order valence-electron chi connectivity index (χ3n) is 5.31. The minimum absolute atomic E-state index is 0.514. The first-order chi connectivity index (χ1) is 13.3. The van der Waals surface area contributed by atoms with Gasteiger partial charge in [0.05, 0.1) is 11.9 Å². The van der Waals surface area contributed by atoms with E-state index in [0.717, 1.165) is 43.0 Å². The van der Waals surface area contributed by atoms with Gasteiger partial charge >= 0.3 is 6.18 Å². The summed E-state index contributed by atoms with van der Waals surface area (Å²) < 4.78 is 40.3. The smallest absolute Gasteiger partial charge is 0.344 e. The van der Waals surface area contributed by atoms with E-state index < -0.39 is 11.9 Å². The molecule has 0 radical (unpaired) electrons. The average molecular weight is 409 g/mol. The molecular weight excluding hydrogens is 389 g/mol. The molecule has 4 rings (SSSR count). The van der Waals surface area contributed by atoms with Gasteiger partial charge in [0.25, 0.3) is 0 Å². The Morgan fingerprint density at radius 3 is 2.61 bits per heavy atom. The van der Waals surface area contributed by atoms with Gasteiger partial charge in [-0.15, -0.1) is 0 Å². The van der Waals surface area contributed by atoms with E-state index in [2.05, 4.69) is 26.5 Å². The van der Waals surface area contributed by atoms with Gasteiger partial charge in [0.2, 0.25) is 0 Å². The highest BCUT2D eigenvalue weighted by Gasteiger charge is 2.32. The molecule has 0 unspecified atom stereocenters. The number of halogens is 4. The lowest BCUT2D eigenvalue weighted by atomic mass is 10.1. The van der Waals surface area contributed by atoms with E-state index in [-0.39, 0.29) is 0 Å². The van der Waals surface area contributed by atoms with Crippen LogP contribution in [0.25, 0.3) is 10.9 Å². The van der Waals surface area contributed by atoms with E-state index in [1.807, 2.05) is 18.2 Å². The van der Waals surface area contributed by atoms with Gasteiger partial charge < -0.3 is 9.47 Å². The van der Waals surface area contributed by atoms with E-state index >= 15 is 0 Å². The van der Waals surface area contributed by atoms with Crippen molar-refractivity contribution in [1.82, 2.24) is 19.4 Å². The van der Waals surface area contributed by atoms with Gasteiger partial charge in [0, 0.05) is 60.3 Å². The Balaban J connectivity index is 1.65. The number of nitrogens with zero attached hydrogens (tertiary/aromatic N) is 4. The maximum Gasteiger partial charge on any atom is 0.434 e. The van der Waals surface area contributed by atoms with Crippen LogP contribution < -0.4 is 0 Å². The van der Waals surface area contributed by atoms with Crippen LogP contribution in [0.1, 0.15) is 22.6 Å². The molecule has 3 heterocycles. The minimum atomic E-state index is -4.47. The van der Waals surface area contributed by atoms with Crippen LogP contribution in [-0.2, 0) is 32.0 Å². The van der Waals surface area contributed by atoms with E-state index in [1.54, 1.807) is 0 Å². The van der Waals surface area contributed by atoms with Crippen molar-refractivity contribution < 1.29 is 13.2 Å². The van der Waals surface area contributed by atoms with Crippen molar-refractivity contribution in [2.24, 2.45) is 0 Å². The SMILES string of the molecule is CN1CCc2c(n(CCc3cnc(C(F)(F)F)cn3)c3ccc(Cl)cc23)CC1. The van der Waals surface area contributed by atoms with Crippen LogP contribution in [0.2, 0.25) is 5.02 Å². The van der Waals surface area contributed by atoms with Crippen LogP contribution in [0, 0.1) is 0 Å². The number of likely N-dealkylation sites (N-methyl/N-ethyl adjacent to an activating group) is 1. The van der Waals surface area contributed by atoms with Crippen LogP contribution in [0.3, 0.4) is 0 Å². The lowest BCUT2D eigenvalue weighted by molar-refractivity contribution is -0.141. The second kappa shape index (κ2) is 7.37. The van der Waals surface area contributed by atoms with Gasteiger partial charge in [-0.2, -0.15) is 13.2 Å². The number of rotatable bonds is 3. The fraction of sp³-hybridized carbons (Fsp3) is 0.400. The predicted octanol–water partition coefficient (Wildman–Crippen LogP) is 4.38. The molecule has 1 aliphatic heterocycles. The van der Waals surface area contributed by atoms with Crippen LogP contribution in [0.15, 0.2) is 30.6 Å². The molecule has 0 aliphatic carbocycles. The summed E-state index contributed by atoms with van der Waals surface area (Å²) in [5, 5.41) is 1.87. The average Bonchev–Trinajstić information content (AvgIpc) is 2.79. The van der Waals surface area contributed by atoms with Crippen LogP contribution in [-0.4, -0.2) is 39.6 Å². The predicted molar refractivity (Wildman–Crippen MR) is 103 cm³/mol. The van der Waals surface area contributed by atoms with Gasteiger partial charge in [0.1, 0.15) is 0 Å². The van der Waals surface area contributed by atoms with Crippen molar-refractivity contribution in [2.45, 2.75) is 32.0 Å². The molecule has 0 amide bonds. The minimum Gasteiger partial charge on any atom is -0.344 e. The Morgan fingerprint density at radius 1 is 1.11 bits per heavy atom. The first-order valence-corrected chi connectivity index (χ1v) is 9.57. The van der Waals surface area contributed by atoms with Gasteiger partial charge in [-0.25, -0.2) is 4.98 Å². The van der Waals surface area contributed by atoms with Gasteiger partial charge in [-0.05, 0) is 37.2 Å². The molecule has 0 fully saturated rings. The number of aryl methyl sites for hydroxylation is 2. The number of alkyl halides is 3. The van der Waals surface area contributed by atoms with Crippen molar-refractivity contribution in [3.63, 3.8) is 0 Å². The summed E-state index contributed by atoms with van der Waals surface area (Å²) in [6, 6.07) is 5.91. The van der Waals surface area contributed by atoms with E-state index in [4.69, 9.17) is 11.6 Å². The standard InChI is InChI=1S/C20H20ClF3N4/c1-27-7-5-15-16-10-13(21)2-3-17(16)28(18(15)6-8-27)9-4-14-11-26-19(12-25-14)20(22,23)24/h2-3,10-12H,4-9H2,1H3. The molecule has 0 saturated carbocycles. The molecule has 1 aromatic carbocycles. The van der Waals surface area contributed by atoms with Crippen LogP contribution in [0.5, 0.6) is 0 Å². The molecule has 2 aromatic heterocycles. The third kappa shape index (κ3) is 3.73. The van der Waals surface area contributed by atoms with Gasteiger partial charge in [0.15, 0.2) is 5.69 Å². The van der Waals surface area contributed by atoms with Crippen molar-refractivity contribution in [3.05, 3.63) is 58.3 Å². The molecule has 4 nitrogen and oxygen atoms in total. The molecule has 0 bridgehead atoms. The zero-order valence-electron chi connectivity index (χ0n) is 15.4. The fourth-order valence-corrected chi connectivity index (χ4v) is 4.01. The Hall–Kier alpha value is -2.12. The highest BCUT2D eigenvalue weighted by Crippen LogP contribution is 2.31. The third-order valence-corrected chi connectivity index (χ3v) is 5.54. The fourth-order valence-electron chi connectivity index (χ4n) is 3.84. The van der Waals surface area contributed by atoms with E-state index in [9.17, 15) is 13.2 Å². The first-order valence-electron chi connectivity index (χ1n) is 9.19. The largest absolute Gasteiger partial charge is 0.434 e. The number of benzene rings is 1. The normalized spacial score (nSPS) is 15.6. The van der Waals surface area contributed by atoms with E-state index in [0.29, 0.717) is 23.7 Å². The topological polar surface area (TPSA) is 34.0 Å². The highest BCUT2D eigenvalue weighted by molar-refractivity contribution is 6.31. The van der Waals surface area contributed by atoms with Crippen molar-refractivity contribution >= 4 is 22.5 Å². The maximum atomic E-state index is 12.7. The summed E-state index contributed by atoms with van der Waals surface area (Å²) in [4.78, 5) is 9.78. The molecule has 148 valence electrons. The quantitative estimate of drug-likeness (QED) is 0.645. The summed E-state index contributed by atoms with van der Waals surface area (Å²) >= 11 is 6.23. The molecule has 28 heavy (non-hydrogen) atoms. The van der Waals surface area contributed by atoms with Crippen LogP contribution in [0.4, 0.5) is 13.2 Å². The summed E-state index contributed by atoms with van der Waals surface area (Å²) in [5.74, 6) is 0.